The fourth-order valence-electron chi connectivity index (χ4n) is 6.56. The zero-order valence-corrected chi connectivity index (χ0v) is 19.0. The van der Waals surface area contributed by atoms with E-state index in [2.05, 4.69) is 11.2 Å². The van der Waals surface area contributed by atoms with Gasteiger partial charge in [-0.05, 0) is 92.3 Å². The van der Waals surface area contributed by atoms with Gasteiger partial charge < -0.3 is 10.8 Å². The fraction of sp³-hybridized carbons (Fsp3) is 0.357. The number of amides is 1. The van der Waals surface area contributed by atoms with Crippen molar-refractivity contribution in [3.63, 3.8) is 0 Å². The zero-order valence-electron chi connectivity index (χ0n) is 19.0. The van der Waals surface area contributed by atoms with Crippen molar-refractivity contribution in [1.82, 2.24) is 9.78 Å². The van der Waals surface area contributed by atoms with Crippen molar-refractivity contribution in [1.29, 1.82) is 0 Å². The van der Waals surface area contributed by atoms with Crippen molar-refractivity contribution in [2.24, 2.45) is 17.1 Å². The van der Waals surface area contributed by atoms with Crippen LogP contribution < -0.4 is 5.73 Å². The molecule has 3 N–H and O–H groups in total. The van der Waals surface area contributed by atoms with Gasteiger partial charge in [0.25, 0.3) is 0 Å². The Labute approximate surface area is 198 Å². The number of aromatic nitrogens is 2. The van der Waals surface area contributed by atoms with Gasteiger partial charge in [-0.15, -0.1) is 0 Å². The largest absolute Gasteiger partial charge is 0.389 e. The fourth-order valence-corrected chi connectivity index (χ4v) is 6.56. The second kappa shape index (κ2) is 7.64. The van der Waals surface area contributed by atoms with E-state index in [9.17, 15) is 14.3 Å². The lowest BCUT2D eigenvalue weighted by Gasteiger charge is -2.46. The average molecular weight is 458 g/mol. The number of aliphatic hydroxyl groups is 1. The minimum atomic E-state index is -0.858. The Morgan fingerprint density at radius 1 is 1.21 bits per heavy atom. The van der Waals surface area contributed by atoms with Gasteiger partial charge in [-0.2, -0.15) is 5.10 Å². The smallest absolute Gasteiger partial charge is 0.248 e. The van der Waals surface area contributed by atoms with Gasteiger partial charge in [0.1, 0.15) is 5.82 Å². The molecule has 0 spiro atoms. The van der Waals surface area contributed by atoms with Crippen LogP contribution in [0.15, 0.2) is 60.3 Å². The highest BCUT2D eigenvalue weighted by Gasteiger charge is 2.63. The molecule has 174 valence electrons. The second-order valence-electron chi connectivity index (χ2n) is 10.1. The molecule has 2 atom stereocenters. The Morgan fingerprint density at radius 3 is 2.79 bits per heavy atom. The quantitative estimate of drug-likeness (QED) is 0.568. The third-order valence-corrected chi connectivity index (χ3v) is 8.30. The number of fused-ring (bicyclic) bond motifs is 2. The van der Waals surface area contributed by atoms with Crippen LogP contribution in [0, 0.1) is 17.2 Å². The van der Waals surface area contributed by atoms with Crippen LogP contribution in [0.5, 0.6) is 0 Å². The van der Waals surface area contributed by atoms with Gasteiger partial charge in [0.05, 0.1) is 23.2 Å². The summed E-state index contributed by atoms with van der Waals surface area (Å²) in [6, 6.07) is 13.9. The molecule has 0 bridgehead atoms. The first-order valence-corrected chi connectivity index (χ1v) is 12.1. The minimum absolute atomic E-state index is 0.288. The van der Waals surface area contributed by atoms with Gasteiger partial charge in [0, 0.05) is 11.0 Å². The van der Waals surface area contributed by atoms with Gasteiger partial charge in [-0.3, -0.25) is 4.79 Å². The van der Waals surface area contributed by atoms with E-state index in [1.165, 1.54) is 17.7 Å². The molecule has 0 radical (unpaired) electrons. The van der Waals surface area contributed by atoms with Crippen LogP contribution in [0.25, 0.3) is 11.8 Å². The van der Waals surface area contributed by atoms with Crippen LogP contribution in [0.3, 0.4) is 0 Å². The molecule has 6 rings (SSSR count). The van der Waals surface area contributed by atoms with Crippen LogP contribution in [0.4, 0.5) is 4.39 Å². The van der Waals surface area contributed by atoms with E-state index < -0.39 is 11.5 Å². The number of nitrogens with two attached hydrogens (primary N) is 1. The molecule has 3 aliphatic rings. The molecule has 34 heavy (non-hydrogen) atoms. The van der Waals surface area contributed by atoms with Gasteiger partial charge in [-0.1, -0.05) is 29.8 Å². The van der Waals surface area contributed by atoms with Crippen LogP contribution in [-0.4, -0.2) is 26.4 Å². The maximum Gasteiger partial charge on any atom is 0.248 e. The Balaban J connectivity index is 1.36. The number of aryl methyl sites for hydroxylation is 1. The highest BCUT2D eigenvalue weighted by atomic mass is 19.1. The molecule has 1 aromatic heterocycles. The Kier molecular flexibility index (Phi) is 4.78. The predicted octanol–water partition coefficient (Wildman–Crippen LogP) is 4.60. The number of hydrogen-bond donors (Lipinski definition) is 2. The molecule has 3 aliphatic carbocycles. The molecule has 0 aliphatic heterocycles. The van der Waals surface area contributed by atoms with Crippen LogP contribution in [0.2, 0.25) is 0 Å². The van der Waals surface area contributed by atoms with Crippen molar-refractivity contribution in [3.05, 3.63) is 88.5 Å². The standard InChI is InChI=1S/C28H28FN3O2/c29-22-5-3-6-23(15-22)32-25-14-21-11-13-27(34,12-10-18-4-1-2-7-24(18)26(30)33)28(21,20-8-9-20)16-19(25)17-31-32/h1-7,14-15,17,20,34H,8-13,16H2,(H2,30,33)/t27-,28+/m0/s1. The number of primary amides is 1. The molecule has 2 saturated carbocycles. The molecule has 1 heterocycles. The van der Waals surface area contributed by atoms with E-state index in [4.69, 9.17) is 5.73 Å². The number of carbonyl (C=O) groups excluding carboxylic acids is 1. The Hall–Kier alpha value is -3.25. The van der Waals surface area contributed by atoms with Crippen molar-refractivity contribution in [2.45, 2.75) is 50.5 Å². The van der Waals surface area contributed by atoms with Gasteiger partial charge >= 0.3 is 0 Å². The minimum Gasteiger partial charge on any atom is -0.389 e. The number of nitrogens with zero attached hydrogens (tertiary/aromatic N) is 2. The highest BCUT2D eigenvalue weighted by Crippen LogP contribution is 2.66. The summed E-state index contributed by atoms with van der Waals surface area (Å²) in [6.45, 7) is 0. The molecule has 2 fully saturated rings. The topological polar surface area (TPSA) is 81.1 Å². The van der Waals surface area contributed by atoms with E-state index in [1.54, 1.807) is 12.1 Å². The number of benzene rings is 2. The molecule has 0 saturated heterocycles. The zero-order chi connectivity index (χ0) is 23.5. The Bertz CT molecular complexity index is 1320. The summed E-state index contributed by atoms with van der Waals surface area (Å²) in [5.41, 5.74) is 9.91. The van der Waals surface area contributed by atoms with Crippen LogP contribution >= 0.6 is 0 Å². The first-order valence-electron chi connectivity index (χ1n) is 12.1. The monoisotopic (exact) mass is 457 g/mol. The molecule has 2 aromatic carbocycles. The molecule has 6 heteroatoms. The van der Waals surface area contributed by atoms with Crippen molar-refractivity contribution >= 4 is 12.0 Å². The maximum atomic E-state index is 13.9. The summed E-state index contributed by atoms with van der Waals surface area (Å²) in [6.07, 6.45) is 9.76. The normalized spacial score (nSPS) is 25.5. The van der Waals surface area contributed by atoms with E-state index in [1.807, 2.05) is 35.1 Å². The summed E-state index contributed by atoms with van der Waals surface area (Å²) in [5.74, 6) is -0.272. The third-order valence-electron chi connectivity index (χ3n) is 8.30. The number of hydrogen-bond acceptors (Lipinski definition) is 3. The van der Waals surface area contributed by atoms with E-state index in [0.29, 0.717) is 36.4 Å². The molecular formula is C28H28FN3O2. The van der Waals surface area contributed by atoms with Crippen molar-refractivity contribution in [2.75, 3.05) is 0 Å². The molecule has 1 amide bonds. The average Bonchev–Trinajstić information content (AvgIpc) is 3.54. The molecular weight excluding hydrogens is 429 g/mol. The second-order valence-corrected chi connectivity index (χ2v) is 10.1. The summed E-state index contributed by atoms with van der Waals surface area (Å²) in [7, 11) is 0. The van der Waals surface area contributed by atoms with E-state index in [-0.39, 0.29) is 11.2 Å². The SMILES string of the molecule is NC(=O)c1ccccc1CC[C@]1(O)CCC2=Cc3c(cnn3-c3cccc(F)c3)C[C@@]21C1CC1. The lowest BCUT2D eigenvalue weighted by atomic mass is 9.61. The maximum absolute atomic E-state index is 13.9. The lowest BCUT2D eigenvalue weighted by Crippen LogP contribution is -2.49. The number of halogens is 1. The first-order chi connectivity index (χ1) is 16.4. The number of rotatable bonds is 6. The predicted molar refractivity (Wildman–Crippen MR) is 128 cm³/mol. The van der Waals surface area contributed by atoms with Crippen molar-refractivity contribution in [3.8, 4) is 5.69 Å². The molecule has 0 unspecified atom stereocenters. The van der Waals surface area contributed by atoms with Gasteiger partial charge in [-0.25, -0.2) is 9.07 Å². The van der Waals surface area contributed by atoms with Gasteiger partial charge in [0.2, 0.25) is 5.91 Å². The molecule has 3 aromatic rings. The van der Waals surface area contributed by atoms with Gasteiger partial charge in [0.15, 0.2) is 0 Å². The first kappa shape index (κ1) is 21.3. The third kappa shape index (κ3) is 3.16. The summed E-state index contributed by atoms with van der Waals surface area (Å²) in [5, 5.41) is 16.8. The summed E-state index contributed by atoms with van der Waals surface area (Å²) >= 11 is 0. The van der Waals surface area contributed by atoms with Crippen LogP contribution in [-0.2, 0) is 12.8 Å². The Morgan fingerprint density at radius 2 is 2.03 bits per heavy atom. The summed E-state index contributed by atoms with van der Waals surface area (Å²) < 4.78 is 15.7. The lowest BCUT2D eigenvalue weighted by molar-refractivity contribution is -0.0661. The number of carbonyl (C=O) groups is 1. The van der Waals surface area contributed by atoms with E-state index in [0.717, 1.165) is 42.5 Å². The van der Waals surface area contributed by atoms with Crippen LogP contribution in [0.1, 0.15) is 59.3 Å². The van der Waals surface area contributed by atoms with E-state index >= 15 is 0 Å². The highest BCUT2D eigenvalue weighted by molar-refractivity contribution is 5.94. The molecule has 5 nitrogen and oxygen atoms in total. The van der Waals surface area contributed by atoms with Crippen molar-refractivity contribution < 1.29 is 14.3 Å². The summed E-state index contributed by atoms with van der Waals surface area (Å²) in [4.78, 5) is 11.9.